The Balaban J connectivity index is 2.41. The van der Waals surface area contributed by atoms with Crippen LogP contribution in [0.4, 0.5) is 0 Å². The number of carbonyl (C=O) groups excluding carboxylic acids is 1. The van der Waals surface area contributed by atoms with Crippen molar-refractivity contribution in [2.45, 2.75) is 26.4 Å². The van der Waals surface area contributed by atoms with Gasteiger partial charge in [0.1, 0.15) is 12.0 Å². The summed E-state index contributed by atoms with van der Waals surface area (Å²) >= 11 is 0. The molecule has 0 radical (unpaired) electrons. The van der Waals surface area contributed by atoms with E-state index in [2.05, 4.69) is 19.8 Å². The van der Waals surface area contributed by atoms with Crippen molar-refractivity contribution in [1.29, 1.82) is 0 Å². The Kier molecular flexibility index (Phi) is 4.18. The van der Waals surface area contributed by atoms with Crippen molar-refractivity contribution < 1.29 is 9.53 Å². The Labute approximate surface area is 121 Å². The highest BCUT2D eigenvalue weighted by Crippen LogP contribution is 2.26. The van der Waals surface area contributed by atoms with Crippen LogP contribution in [0.5, 0.6) is 5.88 Å². The Bertz CT molecular complexity index is 739. The van der Waals surface area contributed by atoms with Gasteiger partial charge in [-0.3, -0.25) is 4.79 Å². The van der Waals surface area contributed by atoms with Crippen molar-refractivity contribution in [3.05, 3.63) is 41.3 Å². The Morgan fingerprint density at radius 1 is 1.57 bits per heavy atom. The Morgan fingerprint density at radius 3 is 2.95 bits per heavy atom. The molecule has 2 aromatic heterocycles. The van der Waals surface area contributed by atoms with Crippen molar-refractivity contribution in [1.82, 2.24) is 15.0 Å². The lowest BCUT2D eigenvalue weighted by atomic mass is 10.1. The number of nitrogens with two attached hydrogens (primary N) is 1. The first kappa shape index (κ1) is 14.5. The van der Waals surface area contributed by atoms with Crippen LogP contribution < -0.4 is 10.5 Å². The molecule has 2 heterocycles. The molecule has 0 unspecified atom stereocenters. The number of nitrogens with zero attached hydrogens (tertiary/aromatic N) is 3. The first-order chi connectivity index (χ1) is 10.0. The Morgan fingerprint density at radius 2 is 2.33 bits per heavy atom. The predicted molar refractivity (Wildman–Crippen MR) is 77.2 cm³/mol. The molecule has 108 valence electrons. The van der Waals surface area contributed by atoms with E-state index in [1.807, 2.05) is 13.8 Å². The maximum Gasteiger partial charge on any atom is 0.247 e. The molecule has 0 saturated carbocycles. The van der Waals surface area contributed by atoms with Crippen LogP contribution >= 0.6 is 0 Å². The van der Waals surface area contributed by atoms with Gasteiger partial charge in [-0.25, -0.2) is 14.8 Å². The van der Waals surface area contributed by atoms with Crippen LogP contribution in [-0.2, 0) is 11.2 Å². The van der Waals surface area contributed by atoms with E-state index in [0.29, 0.717) is 17.9 Å². The molecular formula is C14H15N5O2. The molecule has 0 bridgehead atoms. The number of H-pyrrole nitrogens is 1. The van der Waals surface area contributed by atoms with Gasteiger partial charge in [0.2, 0.25) is 17.5 Å². The SMILES string of the molecule is [C-]#[N+]/C(=C\Cc1c[nH]c2ncnc(OC(C)C)c12)C(N)=O. The van der Waals surface area contributed by atoms with Gasteiger partial charge >= 0.3 is 0 Å². The summed E-state index contributed by atoms with van der Waals surface area (Å²) in [6.07, 6.45) is 5.01. The second-order valence-electron chi connectivity index (χ2n) is 4.65. The summed E-state index contributed by atoms with van der Waals surface area (Å²) in [7, 11) is 0. The van der Waals surface area contributed by atoms with Gasteiger partial charge in [-0.05, 0) is 25.8 Å². The molecule has 0 fully saturated rings. The van der Waals surface area contributed by atoms with Crippen LogP contribution in [-0.4, -0.2) is 27.0 Å². The molecule has 7 nitrogen and oxygen atoms in total. The van der Waals surface area contributed by atoms with Gasteiger partial charge in [-0.1, -0.05) is 6.08 Å². The first-order valence-corrected chi connectivity index (χ1v) is 6.38. The van der Waals surface area contributed by atoms with Gasteiger partial charge < -0.3 is 15.5 Å². The molecule has 0 aliphatic carbocycles. The van der Waals surface area contributed by atoms with Crippen LogP contribution in [0.1, 0.15) is 19.4 Å². The minimum atomic E-state index is -0.736. The molecular weight excluding hydrogens is 270 g/mol. The van der Waals surface area contributed by atoms with Gasteiger partial charge in [0.05, 0.1) is 18.1 Å². The number of aromatic nitrogens is 3. The summed E-state index contributed by atoms with van der Waals surface area (Å²) in [5, 5.41) is 0.747. The lowest BCUT2D eigenvalue weighted by molar-refractivity contribution is -0.114. The number of nitrogens with one attached hydrogen (secondary N) is 1. The molecule has 1 amide bonds. The number of ether oxygens (including phenoxy) is 1. The fraction of sp³-hybridized carbons (Fsp3) is 0.286. The van der Waals surface area contributed by atoms with E-state index < -0.39 is 5.91 Å². The topological polar surface area (TPSA) is 98.2 Å². The number of hydrogen-bond acceptors (Lipinski definition) is 4. The maximum atomic E-state index is 11.0. The highest BCUT2D eigenvalue weighted by Gasteiger charge is 2.13. The van der Waals surface area contributed by atoms with E-state index in [0.717, 1.165) is 10.9 Å². The molecule has 2 aromatic rings. The highest BCUT2D eigenvalue weighted by atomic mass is 16.5. The van der Waals surface area contributed by atoms with Crippen molar-refractivity contribution in [3.63, 3.8) is 0 Å². The van der Waals surface area contributed by atoms with Gasteiger partial charge in [0.25, 0.3) is 0 Å². The quantitative estimate of drug-likeness (QED) is 0.643. The zero-order valence-corrected chi connectivity index (χ0v) is 11.8. The lowest BCUT2D eigenvalue weighted by Gasteiger charge is -2.09. The second kappa shape index (κ2) is 6.05. The van der Waals surface area contributed by atoms with E-state index in [-0.39, 0.29) is 11.8 Å². The number of rotatable bonds is 5. The highest BCUT2D eigenvalue weighted by molar-refractivity contribution is 5.94. The Hall–Kier alpha value is -2.88. The summed E-state index contributed by atoms with van der Waals surface area (Å²) in [6, 6.07) is 0. The molecule has 0 aliphatic rings. The third-order valence-corrected chi connectivity index (χ3v) is 2.75. The monoisotopic (exact) mass is 285 g/mol. The van der Waals surface area contributed by atoms with Crippen LogP contribution in [0.15, 0.2) is 24.3 Å². The number of primary amides is 1. The van der Waals surface area contributed by atoms with E-state index in [9.17, 15) is 4.79 Å². The van der Waals surface area contributed by atoms with Crippen molar-refractivity contribution in [3.8, 4) is 5.88 Å². The van der Waals surface area contributed by atoms with Crippen molar-refractivity contribution in [2.75, 3.05) is 0 Å². The summed E-state index contributed by atoms with van der Waals surface area (Å²) in [5.41, 5.74) is 6.51. The number of carbonyl (C=O) groups is 1. The molecule has 0 spiro atoms. The minimum absolute atomic E-state index is 0.0224. The van der Waals surface area contributed by atoms with E-state index in [1.54, 1.807) is 6.20 Å². The molecule has 21 heavy (non-hydrogen) atoms. The smallest absolute Gasteiger partial charge is 0.247 e. The fourth-order valence-corrected chi connectivity index (χ4v) is 1.88. The fourth-order valence-electron chi connectivity index (χ4n) is 1.88. The van der Waals surface area contributed by atoms with Crippen molar-refractivity contribution in [2.24, 2.45) is 5.73 Å². The summed E-state index contributed by atoms with van der Waals surface area (Å²) < 4.78 is 5.66. The molecule has 0 aliphatic heterocycles. The standard InChI is InChI=1S/C14H15N5O2/c1-8(2)21-14-11-9(4-5-10(16-3)12(15)20)6-17-13(11)18-7-19-14/h5-8H,4H2,1-2H3,(H2,15,20)(H,17,18,19)/b10-5-. The van der Waals surface area contributed by atoms with Crippen LogP contribution in [0.2, 0.25) is 0 Å². The summed E-state index contributed by atoms with van der Waals surface area (Å²) in [5.74, 6) is -0.261. The summed E-state index contributed by atoms with van der Waals surface area (Å²) in [6.45, 7) is 10.7. The zero-order chi connectivity index (χ0) is 15.4. The van der Waals surface area contributed by atoms with Gasteiger partial charge in [-0.2, -0.15) is 0 Å². The van der Waals surface area contributed by atoms with Gasteiger partial charge in [0.15, 0.2) is 0 Å². The third kappa shape index (κ3) is 3.17. The van der Waals surface area contributed by atoms with E-state index >= 15 is 0 Å². The van der Waals surface area contributed by atoms with Crippen molar-refractivity contribution >= 4 is 16.9 Å². The van der Waals surface area contributed by atoms with E-state index in [1.165, 1.54) is 12.4 Å². The third-order valence-electron chi connectivity index (χ3n) is 2.75. The zero-order valence-electron chi connectivity index (χ0n) is 11.8. The predicted octanol–water partition coefficient (Wildman–Crippen LogP) is 1.58. The van der Waals surface area contributed by atoms with Crippen LogP contribution in [0.3, 0.4) is 0 Å². The molecule has 0 aromatic carbocycles. The molecule has 7 heteroatoms. The first-order valence-electron chi connectivity index (χ1n) is 6.38. The normalized spacial score (nSPS) is 11.6. The molecule has 0 saturated heterocycles. The number of aromatic amines is 1. The number of hydrogen-bond donors (Lipinski definition) is 2. The van der Waals surface area contributed by atoms with Gasteiger partial charge in [0, 0.05) is 6.20 Å². The maximum absolute atomic E-state index is 11.0. The lowest BCUT2D eigenvalue weighted by Crippen LogP contribution is -2.11. The molecule has 0 atom stereocenters. The number of amides is 1. The minimum Gasteiger partial charge on any atom is -0.474 e. The molecule has 2 rings (SSSR count). The van der Waals surface area contributed by atoms with Crippen LogP contribution in [0.25, 0.3) is 15.9 Å². The average molecular weight is 285 g/mol. The van der Waals surface area contributed by atoms with E-state index in [4.69, 9.17) is 17.0 Å². The summed E-state index contributed by atoms with van der Waals surface area (Å²) in [4.78, 5) is 25.4. The number of fused-ring (bicyclic) bond motifs is 1. The average Bonchev–Trinajstić information content (AvgIpc) is 2.83. The number of allylic oxidation sites excluding steroid dienone is 1. The largest absolute Gasteiger partial charge is 0.474 e. The molecule has 3 N–H and O–H groups in total. The van der Waals surface area contributed by atoms with Crippen LogP contribution in [0, 0.1) is 6.57 Å². The van der Waals surface area contributed by atoms with Gasteiger partial charge in [-0.15, -0.1) is 0 Å². The second-order valence-corrected chi connectivity index (χ2v) is 4.65.